The van der Waals surface area contributed by atoms with Crippen LogP contribution in [0.15, 0.2) is 28.9 Å². The van der Waals surface area contributed by atoms with Gasteiger partial charge in [-0.1, -0.05) is 5.16 Å². The highest BCUT2D eigenvalue weighted by Crippen LogP contribution is 2.34. The van der Waals surface area contributed by atoms with E-state index in [9.17, 15) is 15.0 Å². The Morgan fingerprint density at radius 2 is 2.06 bits per heavy atom. The number of carboxylic acids is 1. The fourth-order valence-corrected chi connectivity index (χ4v) is 1.29. The summed E-state index contributed by atoms with van der Waals surface area (Å²) in [6.45, 7) is 0. The predicted octanol–water partition coefficient (Wildman–Crippen LogP) is 1.45. The number of phenols is 2. The molecule has 0 bridgehead atoms. The summed E-state index contributed by atoms with van der Waals surface area (Å²) in [5, 5.41) is 30.9. The van der Waals surface area contributed by atoms with Crippen LogP contribution in [0.5, 0.6) is 11.5 Å². The van der Waals surface area contributed by atoms with E-state index in [0.717, 1.165) is 6.20 Å². The maximum Gasteiger partial charge on any atom is 0.341 e. The molecule has 1 aromatic carbocycles. The molecule has 0 atom stereocenters. The number of phenolic OH excluding ortho intramolecular Hbond substituents is 2. The van der Waals surface area contributed by atoms with E-state index < -0.39 is 5.97 Å². The number of hydrogen-bond donors (Lipinski definition) is 3. The highest BCUT2D eigenvalue weighted by atomic mass is 16.5. The Kier molecular flexibility index (Phi) is 2.24. The van der Waals surface area contributed by atoms with Gasteiger partial charge in [-0.25, -0.2) is 4.79 Å². The quantitative estimate of drug-likeness (QED) is 0.663. The lowest BCUT2D eigenvalue weighted by atomic mass is 10.1. The van der Waals surface area contributed by atoms with Crippen LogP contribution >= 0.6 is 0 Å². The van der Waals surface area contributed by atoms with Crippen molar-refractivity contribution in [3.8, 4) is 22.8 Å². The molecule has 82 valence electrons. The van der Waals surface area contributed by atoms with E-state index in [2.05, 4.69) is 5.16 Å². The second-order valence-corrected chi connectivity index (χ2v) is 3.08. The Morgan fingerprint density at radius 3 is 2.75 bits per heavy atom. The molecule has 0 amide bonds. The largest absolute Gasteiger partial charge is 0.508 e. The molecule has 0 aliphatic rings. The van der Waals surface area contributed by atoms with E-state index in [1.807, 2.05) is 0 Å². The van der Waals surface area contributed by atoms with Gasteiger partial charge in [0.25, 0.3) is 0 Å². The van der Waals surface area contributed by atoms with Crippen LogP contribution in [-0.4, -0.2) is 26.4 Å². The van der Waals surface area contributed by atoms with Crippen molar-refractivity contribution in [1.82, 2.24) is 5.16 Å². The number of aromatic carboxylic acids is 1. The van der Waals surface area contributed by atoms with Gasteiger partial charge in [0, 0.05) is 0 Å². The molecule has 0 aliphatic carbocycles. The third-order valence-electron chi connectivity index (χ3n) is 2.03. The molecule has 0 aliphatic heterocycles. The number of benzene rings is 1. The highest BCUT2D eigenvalue weighted by molar-refractivity contribution is 5.94. The maximum absolute atomic E-state index is 10.8. The molecule has 6 heteroatoms. The summed E-state index contributed by atoms with van der Waals surface area (Å²) in [5.74, 6) is -1.63. The summed E-state index contributed by atoms with van der Waals surface area (Å²) >= 11 is 0. The van der Waals surface area contributed by atoms with E-state index in [-0.39, 0.29) is 28.4 Å². The second-order valence-electron chi connectivity index (χ2n) is 3.08. The molecule has 16 heavy (non-hydrogen) atoms. The zero-order valence-electron chi connectivity index (χ0n) is 7.91. The standard InChI is InChI=1S/C10H7NO5/c12-5-1-2-8(13)6(3-5)9-7(10(14)15)4-11-16-9/h1-4,12-13H,(H,14,15). The minimum atomic E-state index is -1.22. The van der Waals surface area contributed by atoms with Gasteiger partial charge in [-0.3, -0.25) is 0 Å². The lowest BCUT2D eigenvalue weighted by molar-refractivity contribution is 0.0697. The Hall–Kier alpha value is -2.50. The predicted molar refractivity (Wildman–Crippen MR) is 52.2 cm³/mol. The van der Waals surface area contributed by atoms with Crippen molar-refractivity contribution in [2.24, 2.45) is 0 Å². The van der Waals surface area contributed by atoms with Gasteiger partial charge < -0.3 is 19.8 Å². The van der Waals surface area contributed by atoms with Crippen LogP contribution in [0.4, 0.5) is 0 Å². The van der Waals surface area contributed by atoms with Crippen LogP contribution in [0.1, 0.15) is 10.4 Å². The molecule has 2 aromatic rings. The monoisotopic (exact) mass is 221 g/mol. The third kappa shape index (κ3) is 1.56. The minimum Gasteiger partial charge on any atom is -0.508 e. The van der Waals surface area contributed by atoms with Crippen molar-refractivity contribution >= 4 is 5.97 Å². The first-order chi connectivity index (χ1) is 7.59. The maximum atomic E-state index is 10.8. The number of carbonyl (C=O) groups is 1. The summed E-state index contributed by atoms with van der Waals surface area (Å²) < 4.78 is 4.75. The molecule has 0 radical (unpaired) electrons. The van der Waals surface area contributed by atoms with Gasteiger partial charge in [-0.05, 0) is 18.2 Å². The highest BCUT2D eigenvalue weighted by Gasteiger charge is 2.19. The van der Waals surface area contributed by atoms with Crippen molar-refractivity contribution in [1.29, 1.82) is 0 Å². The first kappa shape index (κ1) is 10.0. The smallest absolute Gasteiger partial charge is 0.341 e. The van der Waals surface area contributed by atoms with Gasteiger partial charge >= 0.3 is 5.97 Å². The van der Waals surface area contributed by atoms with Crippen LogP contribution in [0.25, 0.3) is 11.3 Å². The van der Waals surface area contributed by atoms with Gasteiger partial charge in [-0.2, -0.15) is 0 Å². The molecule has 0 saturated heterocycles. The van der Waals surface area contributed by atoms with Crippen LogP contribution in [-0.2, 0) is 0 Å². The van der Waals surface area contributed by atoms with Crippen molar-refractivity contribution in [3.63, 3.8) is 0 Å². The van der Waals surface area contributed by atoms with Crippen molar-refractivity contribution in [2.75, 3.05) is 0 Å². The molecule has 0 saturated carbocycles. The first-order valence-electron chi connectivity index (χ1n) is 4.30. The molecular weight excluding hydrogens is 214 g/mol. The number of hydrogen-bond acceptors (Lipinski definition) is 5. The number of aromatic nitrogens is 1. The van der Waals surface area contributed by atoms with Crippen molar-refractivity contribution in [3.05, 3.63) is 30.0 Å². The number of aromatic hydroxyl groups is 2. The SMILES string of the molecule is O=C(O)c1cnoc1-c1cc(O)ccc1O. The Balaban J connectivity index is 2.62. The van der Waals surface area contributed by atoms with E-state index in [0.29, 0.717) is 0 Å². The normalized spacial score (nSPS) is 10.2. The van der Waals surface area contributed by atoms with Gasteiger partial charge in [0.15, 0.2) is 5.76 Å². The zero-order chi connectivity index (χ0) is 11.7. The number of rotatable bonds is 2. The fourth-order valence-electron chi connectivity index (χ4n) is 1.29. The van der Waals surface area contributed by atoms with Gasteiger partial charge in [0.2, 0.25) is 0 Å². The first-order valence-corrected chi connectivity index (χ1v) is 4.30. The number of carboxylic acid groups (broad SMARTS) is 1. The molecular formula is C10H7NO5. The zero-order valence-corrected chi connectivity index (χ0v) is 7.91. The molecule has 0 unspecified atom stereocenters. The Labute approximate surface area is 89.4 Å². The summed E-state index contributed by atoms with van der Waals surface area (Å²) in [4.78, 5) is 10.8. The average Bonchev–Trinajstić information content (AvgIpc) is 2.70. The lowest BCUT2D eigenvalue weighted by Gasteiger charge is -2.02. The van der Waals surface area contributed by atoms with Crippen molar-refractivity contribution in [2.45, 2.75) is 0 Å². The van der Waals surface area contributed by atoms with Crippen molar-refractivity contribution < 1.29 is 24.6 Å². The van der Waals surface area contributed by atoms with Gasteiger partial charge in [0.05, 0.1) is 11.8 Å². The van der Waals surface area contributed by atoms with Crippen LogP contribution in [0.3, 0.4) is 0 Å². The summed E-state index contributed by atoms with van der Waals surface area (Å²) in [5.41, 5.74) is -0.101. The van der Waals surface area contributed by atoms with E-state index in [1.165, 1.54) is 18.2 Å². The number of nitrogens with zero attached hydrogens (tertiary/aromatic N) is 1. The van der Waals surface area contributed by atoms with E-state index in [4.69, 9.17) is 9.63 Å². The van der Waals surface area contributed by atoms with E-state index >= 15 is 0 Å². The molecule has 2 rings (SSSR count). The van der Waals surface area contributed by atoms with E-state index in [1.54, 1.807) is 0 Å². The summed E-state index contributed by atoms with van der Waals surface area (Å²) in [6.07, 6.45) is 1.03. The Bertz CT molecular complexity index is 546. The van der Waals surface area contributed by atoms with Crippen LogP contribution in [0, 0.1) is 0 Å². The van der Waals surface area contributed by atoms with Gasteiger partial charge in [-0.15, -0.1) is 0 Å². The fraction of sp³-hybridized carbons (Fsp3) is 0. The van der Waals surface area contributed by atoms with Gasteiger partial charge in [0.1, 0.15) is 17.1 Å². The summed E-state index contributed by atoms with van der Waals surface area (Å²) in [6, 6.07) is 3.71. The molecule has 0 spiro atoms. The minimum absolute atomic E-state index is 0.0786. The molecule has 0 fully saturated rings. The topological polar surface area (TPSA) is 104 Å². The lowest BCUT2D eigenvalue weighted by Crippen LogP contribution is -1.95. The Morgan fingerprint density at radius 1 is 1.31 bits per heavy atom. The molecule has 1 aromatic heterocycles. The van der Waals surface area contributed by atoms with Crippen LogP contribution in [0.2, 0.25) is 0 Å². The molecule has 1 heterocycles. The molecule has 3 N–H and O–H groups in total. The third-order valence-corrected chi connectivity index (χ3v) is 2.03. The second kappa shape index (κ2) is 3.58. The summed E-state index contributed by atoms with van der Waals surface area (Å²) in [7, 11) is 0. The average molecular weight is 221 g/mol. The van der Waals surface area contributed by atoms with Crippen LogP contribution < -0.4 is 0 Å². The molecule has 6 nitrogen and oxygen atoms in total.